The van der Waals surface area contributed by atoms with Gasteiger partial charge in [-0.2, -0.15) is 0 Å². The van der Waals surface area contributed by atoms with Crippen molar-refractivity contribution in [2.45, 2.75) is 18.9 Å². The molecule has 0 spiro atoms. The van der Waals surface area contributed by atoms with E-state index in [4.69, 9.17) is 10.5 Å². The van der Waals surface area contributed by atoms with Gasteiger partial charge >= 0.3 is 5.97 Å². The van der Waals surface area contributed by atoms with Crippen LogP contribution in [0.2, 0.25) is 0 Å². The lowest BCUT2D eigenvalue weighted by Gasteiger charge is -2.28. The highest BCUT2D eigenvalue weighted by Gasteiger charge is 2.22. The van der Waals surface area contributed by atoms with E-state index in [-0.39, 0.29) is 5.97 Å². The van der Waals surface area contributed by atoms with Crippen LogP contribution in [0.5, 0.6) is 0 Å². The van der Waals surface area contributed by atoms with Crippen LogP contribution in [0.4, 0.5) is 0 Å². The minimum Gasteiger partial charge on any atom is -0.464 e. The van der Waals surface area contributed by atoms with Crippen LogP contribution in [0.25, 0.3) is 0 Å². The van der Waals surface area contributed by atoms with E-state index in [1.165, 1.54) is 11.3 Å². The summed E-state index contributed by atoms with van der Waals surface area (Å²) in [6.45, 7) is 2.67. The van der Waals surface area contributed by atoms with Crippen molar-refractivity contribution >= 4 is 17.3 Å². The topological polar surface area (TPSA) is 55.6 Å². The van der Waals surface area contributed by atoms with Gasteiger partial charge in [0.05, 0.1) is 6.61 Å². The first kappa shape index (κ1) is 13.5. The van der Waals surface area contributed by atoms with E-state index in [9.17, 15) is 4.79 Å². The molecule has 0 radical (unpaired) electrons. The van der Waals surface area contributed by atoms with Crippen molar-refractivity contribution in [2.24, 2.45) is 11.7 Å². The second kappa shape index (κ2) is 6.31. The highest BCUT2D eigenvalue weighted by molar-refractivity contribution is 7.10. The largest absolute Gasteiger partial charge is 0.464 e. The van der Waals surface area contributed by atoms with Crippen LogP contribution < -0.4 is 5.73 Å². The molecule has 0 aromatic carbocycles. The van der Waals surface area contributed by atoms with Gasteiger partial charge in [0.1, 0.15) is 6.04 Å². The molecule has 0 aliphatic carbocycles. The molecule has 1 aromatic heterocycles. The smallest absolute Gasteiger partial charge is 0.328 e. The van der Waals surface area contributed by atoms with Gasteiger partial charge in [-0.3, -0.25) is 0 Å². The lowest BCUT2D eigenvalue weighted by atomic mass is 9.98. The van der Waals surface area contributed by atoms with Gasteiger partial charge < -0.3 is 15.4 Å². The number of esters is 1. The molecule has 1 atom stereocenters. The summed E-state index contributed by atoms with van der Waals surface area (Å²) in [7, 11) is 2.12. The number of carbonyl (C=O) groups excluding carboxylic acids is 1. The molecule has 4 nitrogen and oxygen atoms in total. The van der Waals surface area contributed by atoms with Gasteiger partial charge in [0.2, 0.25) is 0 Å². The summed E-state index contributed by atoms with van der Waals surface area (Å²) in [6.07, 6.45) is 2.19. The highest BCUT2D eigenvalue weighted by Crippen LogP contribution is 2.20. The SMILES string of the molecule is CN1CCC(COC(=O)C(N)c2cccs2)CC1. The lowest BCUT2D eigenvalue weighted by molar-refractivity contribution is -0.147. The molecule has 18 heavy (non-hydrogen) atoms. The average Bonchev–Trinajstić information content (AvgIpc) is 2.90. The van der Waals surface area contributed by atoms with Gasteiger partial charge in [-0.05, 0) is 50.3 Å². The summed E-state index contributed by atoms with van der Waals surface area (Å²) in [5, 5.41) is 1.92. The van der Waals surface area contributed by atoms with Crippen molar-refractivity contribution in [3.63, 3.8) is 0 Å². The Morgan fingerprint density at radius 3 is 2.94 bits per heavy atom. The van der Waals surface area contributed by atoms with Crippen molar-refractivity contribution in [3.8, 4) is 0 Å². The minimum atomic E-state index is -0.628. The molecule has 0 saturated carbocycles. The number of thiophene rings is 1. The molecule has 100 valence electrons. The van der Waals surface area contributed by atoms with Crippen LogP contribution in [0.15, 0.2) is 17.5 Å². The molecule has 0 amide bonds. The molecule has 5 heteroatoms. The Kier molecular flexibility index (Phi) is 4.74. The molecule has 1 aliphatic heterocycles. The van der Waals surface area contributed by atoms with Crippen LogP contribution in [-0.4, -0.2) is 37.6 Å². The first-order valence-electron chi connectivity index (χ1n) is 6.31. The van der Waals surface area contributed by atoms with E-state index in [2.05, 4.69) is 11.9 Å². The molecule has 2 heterocycles. The van der Waals surface area contributed by atoms with Crippen LogP contribution in [-0.2, 0) is 9.53 Å². The molecule has 2 rings (SSSR count). The third kappa shape index (κ3) is 3.54. The highest BCUT2D eigenvalue weighted by atomic mass is 32.1. The molecular formula is C13H20N2O2S. The van der Waals surface area contributed by atoms with Crippen molar-refractivity contribution in [1.82, 2.24) is 4.90 Å². The van der Waals surface area contributed by atoms with Crippen molar-refractivity contribution in [3.05, 3.63) is 22.4 Å². The Morgan fingerprint density at radius 1 is 1.61 bits per heavy atom. The van der Waals surface area contributed by atoms with Crippen molar-refractivity contribution < 1.29 is 9.53 Å². The summed E-state index contributed by atoms with van der Waals surface area (Å²) in [5.41, 5.74) is 5.85. The van der Waals surface area contributed by atoms with Gasteiger partial charge in [0, 0.05) is 4.88 Å². The number of piperidine rings is 1. The molecule has 0 bridgehead atoms. The molecular weight excluding hydrogens is 248 g/mol. The van der Waals surface area contributed by atoms with Crippen molar-refractivity contribution in [1.29, 1.82) is 0 Å². The van der Waals surface area contributed by atoms with E-state index in [1.807, 2.05) is 17.5 Å². The fraction of sp³-hybridized carbons (Fsp3) is 0.615. The maximum absolute atomic E-state index is 11.8. The zero-order valence-corrected chi connectivity index (χ0v) is 11.5. The average molecular weight is 268 g/mol. The maximum atomic E-state index is 11.8. The number of hydrogen-bond donors (Lipinski definition) is 1. The number of likely N-dealkylation sites (tertiary alicyclic amines) is 1. The van der Waals surface area contributed by atoms with E-state index >= 15 is 0 Å². The van der Waals surface area contributed by atoms with Gasteiger partial charge in [0.15, 0.2) is 0 Å². The Labute approximate surface area is 112 Å². The molecule has 2 N–H and O–H groups in total. The molecule has 1 fully saturated rings. The second-order valence-corrected chi connectivity index (χ2v) is 5.85. The minimum absolute atomic E-state index is 0.309. The Balaban J connectivity index is 1.75. The van der Waals surface area contributed by atoms with Gasteiger partial charge in [-0.15, -0.1) is 11.3 Å². The quantitative estimate of drug-likeness (QED) is 0.843. The van der Waals surface area contributed by atoms with Crippen LogP contribution in [0.1, 0.15) is 23.8 Å². The van der Waals surface area contributed by atoms with E-state index in [0.717, 1.165) is 30.8 Å². The van der Waals surface area contributed by atoms with E-state index in [0.29, 0.717) is 12.5 Å². The predicted molar refractivity (Wildman–Crippen MR) is 72.4 cm³/mol. The number of ether oxygens (including phenoxy) is 1. The zero-order valence-electron chi connectivity index (χ0n) is 10.7. The Morgan fingerprint density at radius 2 is 2.33 bits per heavy atom. The van der Waals surface area contributed by atoms with Gasteiger partial charge in [-0.1, -0.05) is 6.07 Å². The number of rotatable bonds is 4. The normalized spacial score (nSPS) is 19.7. The molecule has 1 unspecified atom stereocenters. The third-order valence-corrected chi connectivity index (χ3v) is 4.36. The number of nitrogens with two attached hydrogens (primary N) is 1. The fourth-order valence-electron chi connectivity index (χ4n) is 2.10. The summed E-state index contributed by atoms with van der Waals surface area (Å²) >= 11 is 1.49. The van der Waals surface area contributed by atoms with E-state index < -0.39 is 6.04 Å². The van der Waals surface area contributed by atoms with Crippen LogP contribution in [0.3, 0.4) is 0 Å². The zero-order chi connectivity index (χ0) is 13.0. The third-order valence-electron chi connectivity index (χ3n) is 3.40. The monoisotopic (exact) mass is 268 g/mol. The first-order chi connectivity index (χ1) is 8.66. The van der Waals surface area contributed by atoms with E-state index in [1.54, 1.807) is 0 Å². The number of carbonyl (C=O) groups is 1. The molecule has 1 aromatic rings. The lowest BCUT2D eigenvalue weighted by Crippen LogP contribution is -2.33. The molecule has 1 aliphatic rings. The first-order valence-corrected chi connectivity index (χ1v) is 7.19. The number of hydrogen-bond acceptors (Lipinski definition) is 5. The van der Waals surface area contributed by atoms with Crippen LogP contribution >= 0.6 is 11.3 Å². The molecule has 1 saturated heterocycles. The van der Waals surface area contributed by atoms with Gasteiger partial charge in [-0.25, -0.2) is 4.79 Å². The Hall–Kier alpha value is -0.910. The maximum Gasteiger partial charge on any atom is 0.328 e. The standard InChI is InChI=1S/C13H20N2O2S/c1-15-6-4-10(5-7-15)9-17-13(16)12(14)11-3-2-8-18-11/h2-3,8,10,12H,4-7,9,14H2,1H3. The second-order valence-electron chi connectivity index (χ2n) is 4.87. The summed E-state index contributed by atoms with van der Waals surface area (Å²) < 4.78 is 5.33. The fourth-order valence-corrected chi connectivity index (χ4v) is 2.82. The summed E-state index contributed by atoms with van der Waals surface area (Å²) in [6, 6.07) is 3.13. The van der Waals surface area contributed by atoms with Crippen molar-refractivity contribution in [2.75, 3.05) is 26.7 Å². The summed E-state index contributed by atoms with van der Waals surface area (Å²) in [5.74, 6) is 0.178. The van der Waals surface area contributed by atoms with Crippen LogP contribution in [0, 0.1) is 5.92 Å². The number of nitrogens with zero attached hydrogens (tertiary/aromatic N) is 1. The predicted octanol–water partition coefficient (Wildman–Crippen LogP) is 1.63. The summed E-state index contributed by atoms with van der Waals surface area (Å²) in [4.78, 5) is 15.0. The Bertz CT molecular complexity index is 372. The van der Waals surface area contributed by atoms with Gasteiger partial charge in [0.25, 0.3) is 0 Å².